The molecule has 0 aromatic heterocycles. The third kappa shape index (κ3) is 5.28. The van der Waals surface area contributed by atoms with E-state index in [1.165, 1.54) is 30.3 Å². The summed E-state index contributed by atoms with van der Waals surface area (Å²) in [5.41, 5.74) is -1.85. The molecule has 0 aliphatic carbocycles. The van der Waals surface area contributed by atoms with Crippen molar-refractivity contribution in [2.24, 2.45) is 0 Å². The summed E-state index contributed by atoms with van der Waals surface area (Å²) in [6.45, 7) is 0. The van der Waals surface area contributed by atoms with Crippen molar-refractivity contribution in [1.82, 2.24) is 0 Å². The highest BCUT2D eigenvalue weighted by Crippen LogP contribution is 2.21. The second-order valence-corrected chi connectivity index (χ2v) is 6.46. The number of nitro benzene ring substituents is 1. The number of esters is 2. The van der Waals surface area contributed by atoms with Crippen LogP contribution in [0.5, 0.6) is 0 Å². The van der Waals surface area contributed by atoms with Gasteiger partial charge in [-0.1, -0.05) is 18.2 Å². The van der Waals surface area contributed by atoms with Crippen LogP contribution in [-0.4, -0.2) is 37.9 Å². The summed E-state index contributed by atoms with van der Waals surface area (Å²) in [6.07, 6.45) is 0. The van der Waals surface area contributed by atoms with E-state index in [1.807, 2.05) is 0 Å². The Bertz CT molecular complexity index is 1330. The van der Waals surface area contributed by atoms with E-state index in [2.05, 4.69) is 9.57 Å². The predicted molar refractivity (Wildman–Crippen MR) is 110 cm³/mol. The molecule has 0 atom stereocenters. The molecule has 13 nitrogen and oxygen atoms in total. The molecule has 13 heteroatoms. The molecule has 0 unspecified atom stereocenters. The molecule has 0 heterocycles. The minimum atomic E-state index is -1.27. The highest BCUT2D eigenvalue weighted by molar-refractivity contribution is 6.04. The van der Waals surface area contributed by atoms with Crippen LogP contribution in [0.25, 0.3) is 0 Å². The summed E-state index contributed by atoms with van der Waals surface area (Å²) in [6, 6.07) is 14.0. The lowest BCUT2D eigenvalue weighted by atomic mass is 10.2. The largest absolute Gasteiger partial charge is 0.416 e. The Morgan fingerprint density at radius 3 is 2.06 bits per heavy atom. The highest BCUT2D eigenvalue weighted by atomic mass is 16.8. The number of nitro groups is 1. The Hall–Kier alpha value is -5.33. The number of nitrogens with zero attached hydrogens (tertiary/aromatic N) is 3. The summed E-state index contributed by atoms with van der Waals surface area (Å²) >= 11 is 0. The molecule has 0 amide bonds. The monoisotopic (exact) mass is 467 g/mol. The Balaban J connectivity index is 1.71. The van der Waals surface area contributed by atoms with Gasteiger partial charge in [0.1, 0.15) is 5.56 Å². The van der Waals surface area contributed by atoms with Crippen LogP contribution in [0, 0.1) is 19.9 Å². The summed E-state index contributed by atoms with van der Waals surface area (Å²) in [5.74, 6) is -3.57. The first-order chi connectivity index (χ1) is 16.2. The summed E-state index contributed by atoms with van der Waals surface area (Å²) in [7, 11) is 0. The van der Waals surface area contributed by atoms with Crippen molar-refractivity contribution in [3.8, 4) is 0 Å². The van der Waals surface area contributed by atoms with Gasteiger partial charge in [0.2, 0.25) is 0 Å². The van der Waals surface area contributed by atoms with E-state index in [0.29, 0.717) is 0 Å². The third-order valence-corrected chi connectivity index (χ3v) is 4.29. The van der Waals surface area contributed by atoms with E-state index in [0.717, 1.165) is 42.5 Å². The van der Waals surface area contributed by atoms with Crippen LogP contribution in [-0.2, 0) is 9.57 Å². The molecule has 3 aromatic rings. The maximum Gasteiger partial charge on any atom is 0.416 e. The van der Waals surface area contributed by atoms with E-state index < -0.39 is 39.0 Å². The quantitative estimate of drug-likeness (QED) is 0.234. The molecule has 170 valence electrons. The van der Waals surface area contributed by atoms with Gasteiger partial charge in [-0.2, -0.15) is 0 Å². The molecule has 34 heavy (non-hydrogen) atoms. The van der Waals surface area contributed by atoms with Crippen LogP contribution in [0.3, 0.4) is 0 Å². The first-order valence-corrected chi connectivity index (χ1v) is 9.23. The average Bonchev–Trinajstić information content (AvgIpc) is 2.83. The van der Waals surface area contributed by atoms with Gasteiger partial charge < -0.3 is 4.74 Å². The van der Waals surface area contributed by atoms with Gasteiger partial charge in [0, 0.05) is 30.3 Å². The third-order valence-electron chi connectivity index (χ3n) is 4.29. The summed E-state index contributed by atoms with van der Waals surface area (Å²) < 4.78 is 4.67. The fraction of sp³-hybridized carbons (Fsp3) is 0. The Labute approximate surface area is 189 Å². The number of carbonyl (C=O) groups is 3. The number of carbonyl (C=O) groups excluding carboxylic acids is 3. The van der Waals surface area contributed by atoms with Crippen molar-refractivity contribution in [2.75, 3.05) is 0 Å². The molecular formula is C21H13N3O10+2. The normalized spacial score (nSPS) is 10.1. The summed E-state index contributed by atoms with van der Waals surface area (Å²) in [5, 5.41) is 19.8. The standard InChI is InChI=1S/C21H13N3O10/c25-19(33-21(27)17-6-1-2-7-18(17)23(30)31)14-4-3-5-16(12-14)24(32)34-20(26)13-8-10-15(11-9-13)22(28)29/h1-12H,(H,28,29)/q+2. The van der Waals surface area contributed by atoms with E-state index in [1.54, 1.807) is 0 Å². The smallest absolute Gasteiger partial charge is 0.386 e. The van der Waals surface area contributed by atoms with Crippen LogP contribution in [0.1, 0.15) is 31.1 Å². The van der Waals surface area contributed by atoms with Gasteiger partial charge in [-0.15, -0.1) is 4.84 Å². The molecule has 0 radical (unpaired) electrons. The van der Waals surface area contributed by atoms with E-state index in [9.17, 15) is 34.3 Å². The Morgan fingerprint density at radius 2 is 1.41 bits per heavy atom. The van der Waals surface area contributed by atoms with Crippen LogP contribution >= 0.6 is 0 Å². The predicted octanol–water partition coefficient (Wildman–Crippen LogP) is 3.57. The van der Waals surface area contributed by atoms with Crippen molar-refractivity contribution < 1.29 is 43.9 Å². The molecule has 3 rings (SSSR count). The summed E-state index contributed by atoms with van der Waals surface area (Å²) in [4.78, 5) is 73.9. The van der Waals surface area contributed by atoms with Crippen molar-refractivity contribution in [1.29, 1.82) is 0 Å². The lowest BCUT2D eigenvalue weighted by molar-refractivity contribution is -0.729. The van der Waals surface area contributed by atoms with Gasteiger partial charge in [-0.25, -0.2) is 19.6 Å². The second kappa shape index (κ2) is 9.86. The fourth-order valence-corrected chi connectivity index (χ4v) is 2.66. The maximum atomic E-state index is 12.3. The molecule has 0 spiro atoms. The van der Waals surface area contributed by atoms with Gasteiger partial charge in [-0.3, -0.25) is 10.1 Å². The lowest BCUT2D eigenvalue weighted by Crippen LogP contribution is -2.15. The molecule has 1 N–H and O–H groups in total. The molecule has 3 aromatic carbocycles. The fourth-order valence-electron chi connectivity index (χ4n) is 2.66. The van der Waals surface area contributed by atoms with Gasteiger partial charge in [0.05, 0.1) is 25.9 Å². The second-order valence-electron chi connectivity index (χ2n) is 6.46. The van der Waals surface area contributed by atoms with E-state index in [4.69, 9.17) is 5.21 Å². The Kier molecular flexibility index (Phi) is 6.77. The number of hydrogen-bond donors (Lipinski definition) is 1. The number of para-hydroxylation sites is 1. The van der Waals surface area contributed by atoms with Gasteiger partial charge in [0.15, 0.2) is 0 Å². The zero-order chi connectivity index (χ0) is 24.8. The number of hydrogen-bond acceptors (Lipinski definition) is 9. The van der Waals surface area contributed by atoms with Crippen molar-refractivity contribution >= 4 is 35.0 Å². The molecule has 0 aliphatic heterocycles. The van der Waals surface area contributed by atoms with Gasteiger partial charge in [-0.05, 0) is 24.3 Å². The van der Waals surface area contributed by atoms with Crippen molar-refractivity contribution in [3.05, 3.63) is 109 Å². The number of ether oxygens (including phenoxy) is 1. The molecule has 0 fully saturated rings. The van der Waals surface area contributed by atoms with Crippen LogP contribution in [0.4, 0.5) is 17.1 Å². The molecular weight excluding hydrogens is 454 g/mol. The zero-order valence-corrected chi connectivity index (χ0v) is 16.9. The van der Waals surface area contributed by atoms with Crippen LogP contribution in [0.2, 0.25) is 0 Å². The number of benzene rings is 3. The Morgan fingerprint density at radius 1 is 0.735 bits per heavy atom. The van der Waals surface area contributed by atoms with Crippen molar-refractivity contribution in [2.45, 2.75) is 0 Å². The molecule has 0 saturated carbocycles. The van der Waals surface area contributed by atoms with Crippen LogP contribution < -0.4 is 0 Å². The highest BCUT2D eigenvalue weighted by Gasteiger charge is 2.27. The lowest BCUT2D eigenvalue weighted by Gasteiger charge is -2.03. The average molecular weight is 467 g/mol. The minimum Gasteiger partial charge on any atom is -0.386 e. The topological polar surface area (TPSA) is 173 Å². The molecule has 0 bridgehead atoms. The van der Waals surface area contributed by atoms with E-state index >= 15 is 0 Å². The zero-order valence-electron chi connectivity index (χ0n) is 16.9. The SMILES string of the molecule is O=C(OC(=O)c1ccccc1[N+](=O)[O-])c1cccc([N+](=O)OC(=O)c2ccc([N+](=O)O)cc2)c1. The first kappa shape index (κ1) is 23.3. The van der Waals surface area contributed by atoms with E-state index in [-0.39, 0.29) is 27.4 Å². The first-order valence-electron chi connectivity index (χ1n) is 9.23. The van der Waals surface area contributed by atoms with Crippen LogP contribution in [0.15, 0.2) is 72.8 Å². The van der Waals surface area contributed by atoms with Gasteiger partial charge >= 0.3 is 29.3 Å². The number of rotatable bonds is 7. The maximum absolute atomic E-state index is 12.3. The molecule has 0 aliphatic rings. The van der Waals surface area contributed by atoms with Crippen molar-refractivity contribution in [3.63, 3.8) is 0 Å². The molecule has 0 saturated heterocycles. The minimum absolute atomic E-state index is 0.114. The van der Waals surface area contributed by atoms with Gasteiger partial charge in [0.25, 0.3) is 15.5 Å².